The average Bonchev–Trinajstić information content (AvgIpc) is 2.28. The molecule has 1 nitrogen and oxygen atoms in total. The predicted molar refractivity (Wildman–Crippen MR) is 46.5 cm³/mol. The lowest BCUT2D eigenvalue weighted by molar-refractivity contribution is 0.501. The van der Waals surface area contributed by atoms with Crippen molar-refractivity contribution in [3.05, 3.63) is 0 Å². The molecular formula is C8H15NS. The molecule has 0 aliphatic carbocycles. The van der Waals surface area contributed by atoms with E-state index in [-0.39, 0.29) is 0 Å². The van der Waals surface area contributed by atoms with Crippen molar-refractivity contribution in [1.29, 1.82) is 0 Å². The molecule has 0 amide bonds. The van der Waals surface area contributed by atoms with Crippen molar-refractivity contribution in [2.24, 2.45) is 5.92 Å². The van der Waals surface area contributed by atoms with Crippen LogP contribution in [0.3, 0.4) is 0 Å². The Labute approximate surface area is 67.0 Å². The second kappa shape index (κ2) is 3.14. The molecule has 0 saturated carbocycles. The third kappa shape index (κ3) is 1.32. The van der Waals surface area contributed by atoms with Crippen molar-refractivity contribution in [1.82, 2.24) is 5.32 Å². The highest BCUT2D eigenvalue weighted by Gasteiger charge is 2.28. The first-order chi connectivity index (χ1) is 4.97. The summed E-state index contributed by atoms with van der Waals surface area (Å²) < 4.78 is 0. The quantitative estimate of drug-likeness (QED) is 0.572. The topological polar surface area (TPSA) is 12.0 Å². The van der Waals surface area contributed by atoms with Crippen LogP contribution in [-0.2, 0) is 0 Å². The third-order valence-electron chi connectivity index (χ3n) is 2.60. The molecule has 2 unspecified atom stereocenters. The minimum absolute atomic E-state index is 1.01. The SMILES string of the molecule is C1CNCC2CCSC2C1. The monoisotopic (exact) mass is 157 g/mol. The predicted octanol–water partition coefficient (Wildman–Crippen LogP) is 1.49. The van der Waals surface area contributed by atoms with E-state index in [4.69, 9.17) is 0 Å². The lowest BCUT2D eigenvalue weighted by Crippen LogP contribution is -2.22. The summed E-state index contributed by atoms with van der Waals surface area (Å²) in [6, 6.07) is 0. The van der Waals surface area contributed by atoms with E-state index in [1.807, 2.05) is 0 Å². The lowest BCUT2D eigenvalue weighted by Gasteiger charge is -2.13. The molecule has 10 heavy (non-hydrogen) atoms. The van der Waals surface area contributed by atoms with Gasteiger partial charge in [-0.2, -0.15) is 11.8 Å². The van der Waals surface area contributed by atoms with Gasteiger partial charge in [-0.3, -0.25) is 0 Å². The molecule has 58 valence electrons. The maximum absolute atomic E-state index is 3.51. The molecule has 0 aromatic rings. The van der Waals surface area contributed by atoms with Gasteiger partial charge in [0.25, 0.3) is 0 Å². The fraction of sp³-hybridized carbons (Fsp3) is 1.00. The standard InChI is InChI=1S/C8H15NS/c1-2-8-7(3-5-10-8)6-9-4-1/h7-9H,1-6H2. The third-order valence-corrected chi connectivity index (χ3v) is 4.12. The molecule has 2 saturated heterocycles. The summed E-state index contributed by atoms with van der Waals surface area (Å²) in [7, 11) is 0. The smallest absolute Gasteiger partial charge is 0.00881 e. The molecule has 2 fully saturated rings. The highest BCUT2D eigenvalue weighted by atomic mass is 32.2. The van der Waals surface area contributed by atoms with Crippen molar-refractivity contribution in [2.75, 3.05) is 18.8 Å². The zero-order valence-electron chi connectivity index (χ0n) is 6.31. The molecule has 0 aromatic heterocycles. The number of rotatable bonds is 0. The van der Waals surface area contributed by atoms with E-state index in [9.17, 15) is 0 Å². The molecule has 0 spiro atoms. The molecule has 2 aliphatic rings. The zero-order valence-corrected chi connectivity index (χ0v) is 7.12. The Morgan fingerprint density at radius 1 is 1.30 bits per heavy atom. The van der Waals surface area contributed by atoms with E-state index >= 15 is 0 Å². The number of nitrogens with one attached hydrogen (secondary N) is 1. The van der Waals surface area contributed by atoms with Gasteiger partial charge in [-0.25, -0.2) is 0 Å². The summed E-state index contributed by atoms with van der Waals surface area (Å²) in [5, 5.41) is 4.51. The van der Waals surface area contributed by atoms with Crippen LogP contribution in [0.2, 0.25) is 0 Å². The molecule has 2 heteroatoms. The lowest BCUT2D eigenvalue weighted by atomic mass is 10.0. The average molecular weight is 157 g/mol. The van der Waals surface area contributed by atoms with Gasteiger partial charge in [-0.15, -0.1) is 0 Å². The highest BCUT2D eigenvalue weighted by molar-refractivity contribution is 8.00. The highest BCUT2D eigenvalue weighted by Crippen LogP contribution is 2.35. The first kappa shape index (κ1) is 6.99. The van der Waals surface area contributed by atoms with Crippen LogP contribution >= 0.6 is 11.8 Å². The van der Waals surface area contributed by atoms with Gasteiger partial charge in [0.1, 0.15) is 0 Å². The van der Waals surface area contributed by atoms with E-state index in [0.29, 0.717) is 0 Å². The largest absolute Gasteiger partial charge is 0.316 e. The van der Waals surface area contributed by atoms with E-state index in [2.05, 4.69) is 17.1 Å². The molecule has 2 aliphatic heterocycles. The number of thioether (sulfide) groups is 1. The van der Waals surface area contributed by atoms with Gasteiger partial charge >= 0.3 is 0 Å². The molecule has 1 N–H and O–H groups in total. The van der Waals surface area contributed by atoms with Gasteiger partial charge in [0, 0.05) is 5.25 Å². The molecule has 0 bridgehead atoms. The Hall–Kier alpha value is 0.310. The molecule has 0 aromatic carbocycles. The summed E-state index contributed by atoms with van der Waals surface area (Å²) in [6.45, 7) is 2.55. The normalized spacial score (nSPS) is 40.8. The Morgan fingerprint density at radius 3 is 3.30 bits per heavy atom. The molecule has 0 radical (unpaired) electrons. The van der Waals surface area contributed by atoms with Gasteiger partial charge in [0.15, 0.2) is 0 Å². The van der Waals surface area contributed by atoms with Crippen LogP contribution < -0.4 is 5.32 Å². The molecular weight excluding hydrogens is 142 g/mol. The maximum Gasteiger partial charge on any atom is 0.00881 e. The van der Waals surface area contributed by atoms with Crippen molar-refractivity contribution in [2.45, 2.75) is 24.5 Å². The van der Waals surface area contributed by atoms with Crippen LogP contribution in [0, 0.1) is 5.92 Å². The van der Waals surface area contributed by atoms with E-state index in [1.54, 1.807) is 0 Å². The van der Waals surface area contributed by atoms with Crippen LogP contribution in [0.15, 0.2) is 0 Å². The molecule has 2 heterocycles. The summed E-state index contributed by atoms with van der Waals surface area (Å²) in [6.07, 6.45) is 4.32. The van der Waals surface area contributed by atoms with Crippen molar-refractivity contribution in [3.63, 3.8) is 0 Å². The van der Waals surface area contributed by atoms with E-state index < -0.39 is 0 Å². The first-order valence-corrected chi connectivity index (χ1v) is 5.34. The molecule has 2 atom stereocenters. The van der Waals surface area contributed by atoms with E-state index in [0.717, 1.165) is 11.2 Å². The second-order valence-electron chi connectivity index (χ2n) is 3.30. The summed E-state index contributed by atoms with van der Waals surface area (Å²) in [5.74, 6) is 2.42. The Kier molecular flexibility index (Phi) is 2.19. The summed E-state index contributed by atoms with van der Waals surface area (Å²) in [5.41, 5.74) is 0. The number of fused-ring (bicyclic) bond motifs is 1. The first-order valence-electron chi connectivity index (χ1n) is 4.29. The van der Waals surface area contributed by atoms with Crippen LogP contribution in [-0.4, -0.2) is 24.1 Å². The minimum Gasteiger partial charge on any atom is -0.316 e. The van der Waals surface area contributed by atoms with Crippen molar-refractivity contribution in [3.8, 4) is 0 Å². The van der Waals surface area contributed by atoms with Crippen LogP contribution in [0.4, 0.5) is 0 Å². The van der Waals surface area contributed by atoms with Gasteiger partial charge < -0.3 is 5.32 Å². The minimum atomic E-state index is 1.01. The van der Waals surface area contributed by atoms with Gasteiger partial charge in [-0.1, -0.05) is 0 Å². The summed E-state index contributed by atoms with van der Waals surface area (Å²) >= 11 is 2.20. The molecule has 2 rings (SSSR count). The fourth-order valence-electron chi connectivity index (χ4n) is 1.96. The van der Waals surface area contributed by atoms with Crippen LogP contribution in [0.5, 0.6) is 0 Å². The Morgan fingerprint density at radius 2 is 2.30 bits per heavy atom. The van der Waals surface area contributed by atoms with Crippen LogP contribution in [0.1, 0.15) is 19.3 Å². The Bertz CT molecular complexity index is 104. The second-order valence-corrected chi connectivity index (χ2v) is 4.65. The van der Waals surface area contributed by atoms with Crippen molar-refractivity contribution < 1.29 is 0 Å². The maximum atomic E-state index is 3.51. The van der Waals surface area contributed by atoms with Gasteiger partial charge in [-0.05, 0) is 44.0 Å². The number of hydrogen-bond acceptors (Lipinski definition) is 2. The Balaban J connectivity index is 1.95. The van der Waals surface area contributed by atoms with Crippen molar-refractivity contribution >= 4 is 11.8 Å². The van der Waals surface area contributed by atoms with Crippen LogP contribution in [0.25, 0.3) is 0 Å². The number of hydrogen-bond donors (Lipinski definition) is 1. The fourth-order valence-corrected chi connectivity index (χ4v) is 3.54. The zero-order chi connectivity index (χ0) is 6.81. The van der Waals surface area contributed by atoms with Gasteiger partial charge in [0.05, 0.1) is 0 Å². The van der Waals surface area contributed by atoms with Gasteiger partial charge in [0.2, 0.25) is 0 Å². The van der Waals surface area contributed by atoms with E-state index in [1.165, 1.54) is 38.1 Å². The summed E-state index contributed by atoms with van der Waals surface area (Å²) in [4.78, 5) is 0.